The minimum atomic E-state index is -0.347. The maximum absolute atomic E-state index is 11.8. The van der Waals surface area contributed by atoms with Crippen LogP contribution in [0, 0.1) is 6.92 Å². The van der Waals surface area contributed by atoms with Crippen molar-refractivity contribution in [1.82, 2.24) is 5.43 Å². The average Bonchev–Trinajstić information content (AvgIpc) is 2.78. The van der Waals surface area contributed by atoms with Crippen molar-refractivity contribution >= 4 is 12.1 Å². The van der Waals surface area contributed by atoms with Crippen molar-refractivity contribution in [2.75, 3.05) is 13.7 Å². The molecule has 1 N–H and O–H groups in total. The summed E-state index contributed by atoms with van der Waals surface area (Å²) < 4.78 is 16.7. The van der Waals surface area contributed by atoms with Gasteiger partial charge in [-0.1, -0.05) is 48.0 Å². The summed E-state index contributed by atoms with van der Waals surface area (Å²) in [5, 5.41) is 3.96. The maximum Gasteiger partial charge on any atom is 0.277 e. The molecule has 0 fully saturated rings. The molecule has 6 nitrogen and oxygen atoms in total. The van der Waals surface area contributed by atoms with Crippen molar-refractivity contribution in [3.05, 3.63) is 89.5 Å². The predicted octanol–water partition coefficient (Wildman–Crippen LogP) is 4.11. The SMILES string of the molecule is COc1cc(/C=N/NC(=O)COc2ccccc2)ccc1OCc1ccc(C)cc1. The third-order valence-corrected chi connectivity index (χ3v) is 4.22. The first-order chi connectivity index (χ1) is 14.6. The van der Waals surface area contributed by atoms with E-state index in [0.717, 1.165) is 11.1 Å². The molecular weight excluding hydrogens is 380 g/mol. The van der Waals surface area contributed by atoms with Crippen LogP contribution in [-0.2, 0) is 11.4 Å². The first kappa shape index (κ1) is 20.9. The van der Waals surface area contributed by atoms with Gasteiger partial charge in [-0.2, -0.15) is 5.10 Å². The second-order valence-electron chi connectivity index (χ2n) is 6.58. The van der Waals surface area contributed by atoms with E-state index in [-0.39, 0.29) is 12.5 Å². The van der Waals surface area contributed by atoms with Gasteiger partial charge in [-0.15, -0.1) is 0 Å². The van der Waals surface area contributed by atoms with E-state index in [2.05, 4.69) is 22.7 Å². The van der Waals surface area contributed by atoms with Crippen LogP contribution in [0.5, 0.6) is 17.2 Å². The van der Waals surface area contributed by atoms with E-state index in [0.29, 0.717) is 23.9 Å². The van der Waals surface area contributed by atoms with Crippen molar-refractivity contribution in [2.24, 2.45) is 5.10 Å². The van der Waals surface area contributed by atoms with Gasteiger partial charge in [0.2, 0.25) is 0 Å². The van der Waals surface area contributed by atoms with Gasteiger partial charge in [0.25, 0.3) is 5.91 Å². The van der Waals surface area contributed by atoms with Crippen LogP contribution in [0.25, 0.3) is 0 Å². The van der Waals surface area contributed by atoms with Gasteiger partial charge in [-0.05, 0) is 48.4 Å². The topological polar surface area (TPSA) is 69.2 Å². The van der Waals surface area contributed by atoms with Crippen LogP contribution in [0.3, 0.4) is 0 Å². The number of hydrogen-bond donors (Lipinski definition) is 1. The molecule has 0 bridgehead atoms. The quantitative estimate of drug-likeness (QED) is 0.430. The second kappa shape index (κ2) is 10.7. The fourth-order valence-corrected chi connectivity index (χ4v) is 2.61. The minimum Gasteiger partial charge on any atom is -0.493 e. The van der Waals surface area contributed by atoms with Crippen LogP contribution in [0.2, 0.25) is 0 Å². The van der Waals surface area contributed by atoms with Gasteiger partial charge < -0.3 is 14.2 Å². The Morgan fingerprint density at radius 3 is 2.47 bits per heavy atom. The van der Waals surface area contributed by atoms with Gasteiger partial charge in [0.15, 0.2) is 18.1 Å². The maximum atomic E-state index is 11.8. The summed E-state index contributed by atoms with van der Waals surface area (Å²) in [5.74, 6) is 1.50. The molecule has 0 aromatic heterocycles. The molecule has 1 amide bonds. The molecule has 0 unspecified atom stereocenters. The van der Waals surface area contributed by atoms with Gasteiger partial charge in [0, 0.05) is 0 Å². The molecule has 0 atom stereocenters. The molecule has 0 heterocycles. The van der Waals surface area contributed by atoms with Gasteiger partial charge >= 0.3 is 0 Å². The zero-order chi connectivity index (χ0) is 21.2. The predicted molar refractivity (Wildman–Crippen MR) is 116 cm³/mol. The van der Waals surface area contributed by atoms with Crippen LogP contribution in [0.1, 0.15) is 16.7 Å². The summed E-state index contributed by atoms with van der Waals surface area (Å²) in [7, 11) is 1.58. The Balaban J connectivity index is 1.52. The number of methoxy groups -OCH3 is 1. The standard InChI is InChI=1S/C24H24N2O4/c1-18-8-10-19(11-9-18)16-30-22-13-12-20(14-23(22)28-2)15-25-26-24(27)17-29-21-6-4-3-5-7-21/h3-15H,16-17H2,1-2H3,(H,26,27)/b25-15+. The number of nitrogens with zero attached hydrogens (tertiary/aromatic N) is 1. The molecule has 0 aliphatic rings. The number of para-hydroxylation sites is 1. The minimum absolute atomic E-state index is 0.115. The monoisotopic (exact) mass is 404 g/mol. The molecular formula is C24H24N2O4. The van der Waals surface area contributed by atoms with Crippen LogP contribution in [-0.4, -0.2) is 25.8 Å². The van der Waals surface area contributed by atoms with Crippen molar-refractivity contribution in [3.63, 3.8) is 0 Å². The molecule has 3 aromatic rings. The van der Waals surface area contributed by atoms with E-state index in [4.69, 9.17) is 14.2 Å². The number of rotatable bonds is 9. The summed E-state index contributed by atoms with van der Waals surface area (Å²) in [6.07, 6.45) is 1.53. The molecule has 0 radical (unpaired) electrons. The summed E-state index contributed by atoms with van der Waals surface area (Å²) in [6.45, 7) is 2.38. The van der Waals surface area contributed by atoms with E-state index in [1.54, 1.807) is 25.3 Å². The highest BCUT2D eigenvalue weighted by atomic mass is 16.5. The number of amides is 1. The van der Waals surface area contributed by atoms with E-state index in [1.165, 1.54) is 11.8 Å². The number of nitrogens with one attached hydrogen (secondary N) is 1. The number of carbonyl (C=O) groups is 1. The fraction of sp³-hybridized carbons (Fsp3) is 0.167. The summed E-state index contributed by atoms with van der Waals surface area (Å²) in [6, 6.07) is 22.7. The number of benzene rings is 3. The molecule has 3 aromatic carbocycles. The number of hydrazone groups is 1. The highest BCUT2D eigenvalue weighted by Crippen LogP contribution is 2.28. The average molecular weight is 404 g/mol. The van der Waals surface area contributed by atoms with Crippen molar-refractivity contribution in [3.8, 4) is 17.2 Å². The molecule has 0 aliphatic heterocycles. The van der Waals surface area contributed by atoms with E-state index in [9.17, 15) is 4.79 Å². The second-order valence-corrected chi connectivity index (χ2v) is 6.58. The van der Waals surface area contributed by atoms with Crippen molar-refractivity contribution < 1.29 is 19.0 Å². The van der Waals surface area contributed by atoms with Crippen LogP contribution >= 0.6 is 0 Å². The molecule has 0 saturated carbocycles. The van der Waals surface area contributed by atoms with Crippen LogP contribution in [0.4, 0.5) is 0 Å². The number of carbonyl (C=O) groups excluding carboxylic acids is 1. The Hall–Kier alpha value is -3.80. The van der Waals surface area contributed by atoms with Crippen molar-refractivity contribution in [2.45, 2.75) is 13.5 Å². The van der Waals surface area contributed by atoms with Gasteiger partial charge in [-0.3, -0.25) is 4.79 Å². The fourth-order valence-electron chi connectivity index (χ4n) is 2.61. The molecule has 3 rings (SSSR count). The van der Waals surface area contributed by atoms with Gasteiger partial charge in [0.1, 0.15) is 12.4 Å². The Morgan fingerprint density at radius 1 is 0.967 bits per heavy atom. The lowest BCUT2D eigenvalue weighted by Gasteiger charge is -2.11. The first-order valence-corrected chi connectivity index (χ1v) is 9.50. The Bertz CT molecular complexity index is 986. The van der Waals surface area contributed by atoms with Crippen LogP contribution in [0.15, 0.2) is 77.9 Å². The molecule has 0 spiro atoms. The van der Waals surface area contributed by atoms with E-state index < -0.39 is 0 Å². The Kier molecular flexibility index (Phi) is 7.44. The summed E-state index contributed by atoms with van der Waals surface area (Å²) >= 11 is 0. The first-order valence-electron chi connectivity index (χ1n) is 9.50. The van der Waals surface area contributed by atoms with E-state index in [1.807, 2.05) is 49.4 Å². The lowest BCUT2D eigenvalue weighted by molar-refractivity contribution is -0.123. The van der Waals surface area contributed by atoms with Crippen LogP contribution < -0.4 is 19.6 Å². The highest BCUT2D eigenvalue weighted by molar-refractivity contribution is 5.83. The molecule has 154 valence electrons. The normalized spacial score (nSPS) is 10.6. The number of aryl methyl sites for hydroxylation is 1. The Morgan fingerprint density at radius 2 is 1.73 bits per heavy atom. The third-order valence-electron chi connectivity index (χ3n) is 4.22. The lowest BCUT2D eigenvalue weighted by atomic mass is 10.2. The van der Waals surface area contributed by atoms with E-state index >= 15 is 0 Å². The zero-order valence-electron chi connectivity index (χ0n) is 17.0. The van der Waals surface area contributed by atoms with Crippen molar-refractivity contribution in [1.29, 1.82) is 0 Å². The van der Waals surface area contributed by atoms with Gasteiger partial charge in [0.05, 0.1) is 13.3 Å². The number of ether oxygens (including phenoxy) is 3. The molecule has 6 heteroatoms. The zero-order valence-corrected chi connectivity index (χ0v) is 17.0. The largest absolute Gasteiger partial charge is 0.493 e. The summed E-state index contributed by atoms with van der Waals surface area (Å²) in [4.78, 5) is 11.8. The Labute approximate surface area is 176 Å². The molecule has 0 aliphatic carbocycles. The summed E-state index contributed by atoms with van der Waals surface area (Å²) in [5.41, 5.74) is 5.49. The number of hydrogen-bond acceptors (Lipinski definition) is 5. The molecule has 30 heavy (non-hydrogen) atoms. The third kappa shape index (κ3) is 6.38. The van der Waals surface area contributed by atoms with Gasteiger partial charge in [-0.25, -0.2) is 5.43 Å². The highest BCUT2D eigenvalue weighted by Gasteiger charge is 2.06. The smallest absolute Gasteiger partial charge is 0.277 e. The lowest BCUT2D eigenvalue weighted by Crippen LogP contribution is -2.24. The molecule has 0 saturated heterocycles.